The third-order valence-corrected chi connectivity index (χ3v) is 6.66. The quantitative estimate of drug-likeness (QED) is 0.270. The largest absolute Gasteiger partial charge is 0.395 e. The molecule has 39 heavy (non-hydrogen) atoms. The van der Waals surface area contributed by atoms with Crippen LogP contribution < -0.4 is 16.0 Å². The van der Waals surface area contributed by atoms with E-state index in [1.807, 2.05) is 13.8 Å². The van der Waals surface area contributed by atoms with Crippen LogP contribution in [0.2, 0.25) is 0 Å². The Balaban J connectivity index is 1.59. The first-order valence-corrected chi connectivity index (χ1v) is 12.9. The number of allylic oxidation sites excluding steroid dienone is 1. The topological polar surface area (TPSA) is 139 Å². The second-order valence-corrected chi connectivity index (χ2v) is 10.0. The normalized spacial score (nSPS) is 15.3. The van der Waals surface area contributed by atoms with Crippen LogP contribution in [0.4, 0.5) is 14.9 Å². The third-order valence-electron chi connectivity index (χ3n) is 6.66. The number of H-pyrrole nitrogens is 1. The Kier molecular flexibility index (Phi) is 8.60. The number of fused-ring (bicyclic) bond motifs is 1. The molecule has 0 saturated heterocycles. The summed E-state index contributed by atoms with van der Waals surface area (Å²) in [7, 11) is 0. The van der Waals surface area contributed by atoms with Crippen LogP contribution >= 0.6 is 0 Å². The number of carbonyl (C=O) groups excluding carboxylic acids is 3. The van der Waals surface area contributed by atoms with Crippen molar-refractivity contribution in [3.05, 3.63) is 70.8 Å². The molecule has 3 aromatic rings. The summed E-state index contributed by atoms with van der Waals surface area (Å²) in [6, 6.07) is 8.14. The molecular weight excluding hydrogens is 503 g/mol. The van der Waals surface area contributed by atoms with Crippen LogP contribution in [0.25, 0.3) is 10.9 Å². The zero-order chi connectivity index (χ0) is 28.1. The van der Waals surface area contributed by atoms with Gasteiger partial charge in [0.2, 0.25) is 5.91 Å². The van der Waals surface area contributed by atoms with Gasteiger partial charge in [-0.15, -0.1) is 0 Å². The van der Waals surface area contributed by atoms with Gasteiger partial charge in [0.1, 0.15) is 5.82 Å². The number of aromatic nitrogens is 2. The average Bonchev–Trinajstić information content (AvgIpc) is 3.35. The lowest BCUT2D eigenvalue weighted by Crippen LogP contribution is -2.46. The Hall–Kier alpha value is -4.25. The lowest BCUT2D eigenvalue weighted by molar-refractivity contribution is -0.131. The van der Waals surface area contributed by atoms with Crippen molar-refractivity contribution in [2.45, 2.75) is 39.7 Å². The van der Waals surface area contributed by atoms with Crippen molar-refractivity contribution in [3.63, 3.8) is 0 Å². The maximum atomic E-state index is 14.8. The van der Waals surface area contributed by atoms with E-state index in [1.54, 1.807) is 31.3 Å². The van der Waals surface area contributed by atoms with Crippen LogP contribution in [0.5, 0.6) is 0 Å². The van der Waals surface area contributed by atoms with Crippen LogP contribution in [0, 0.1) is 11.7 Å². The molecule has 0 saturated carbocycles. The van der Waals surface area contributed by atoms with E-state index >= 15 is 0 Å². The van der Waals surface area contributed by atoms with Crippen LogP contribution in [-0.4, -0.2) is 57.7 Å². The first-order valence-electron chi connectivity index (χ1n) is 12.9. The molecule has 2 aromatic carbocycles. The molecule has 0 spiro atoms. The number of aliphatic hydroxyl groups is 1. The lowest BCUT2D eigenvalue weighted by atomic mass is 9.92. The number of halogens is 1. The summed E-state index contributed by atoms with van der Waals surface area (Å²) in [5, 5.41) is 25.3. The van der Waals surface area contributed by atoms with E-state index in [1.165, 1.54) is 23.1 Å². The van der Waals surface area contributed by atoms with Gasteiger partial charge >= 0.3 is 6.03 Å². The minimum Gasteiger partial charge on any atom is -0.395 e. The summed E-state index contributed by atoms with van der Waals surface area (Å²) in [4.78, 5) is 40.3. The van der Waals surface area contributed by atoms with Gasteiger partial charge in [-0.25, -0.2) is 9.18 Å². The molecule has 11 heteroatoms. The maximum absolute atomic E-state index is 14.8. The van der Waals surface area contributed by atoms with Crippen LogP contribution in [0.3, 0.4) is 0 Å². The molecule has 10 nitrogen and oxygen atoms in total. The number of aliphatic hydroxyl groups excluding tert-OH is 1. The van der Waals surface area contributed by atoms with Crippen molar-refractivity contribution in [1.29, 1.82) is 0 Å². The summed E-state index contributed by atoms with van der Waals surface area (Å²) < 4.78 is 14.8. The first kappa shape index (κ1) is 27.8. The molecule has 5 N–H and O–H groups in total. The number of urea groups is 1. The third kappa shape index (κ3) is 6.61. The zero-order valence-corrected chi connectivity index (χ0v) is 22.2. The van der Waals surface area contributed by atoms with E-state index in [9.17, 15) is 23.9 Å². The Bertz CT molecular complexity index is 1420. The molecule has 0 bridgehead atoms. The second kappa shape index (κ2) is 12.1. The Labute approximate surface area is 225 Å². The number of amides is 4. The lowest BCUT2D eigenvalue weighted by Gasteiger charge is -2.29. The fourth-order valence-corrected chi connectivity index (χ4v) is 4.54. The number of rotatable bonds is 10. The number of carbonyl (C=O) groups is 3. The number of benzene rings is 2. The molecular formula is C28H33FN6O4. The molecule has 0 radical (unpaired) electrons. The standard InChI is InChI=1S/C28H33FN6O4/c1-16(2)8-9-35(10-11-36)24(37)14-19-12-18(4-6-22(19)29)26-25(17(3)31-28(39)33-26)27(38)32-21-5-7-23-20(13-21)15-30-34-23/h4-7,12-13,15-16,26,36H,8-11,14H2,1-3H3,(H,30,34)(H,32,38)(H2,31,33,39). The van der Waals surface area contributed by atoms with E-state index in [-0.39, 0.29) is 36.6 Å². The molecule has 1 aromatic heterocycles. The van der Waals surface area contributed by atoms with Gasteiger partial charge in [0.05, 0.1) is 36.4 Å². The highest BCUT2D eigenvalue weighted by Crippen LogP contribution is 2.30. The molecule has 206 valence electrons. The molecule has 1 aliphatic rings. The van der Waals surface area contributed by atoms with E-state index in [0.717, 1.165) is 17.3 Å². The number of aromatic amines is 1. The molecule has 1 aliphatic heterocycles. The monoisotopic (exact) mass is 536 g/mol. The molecule has 1 unspecified atom stereocenters. The number of hydrogen-bond donors (Lipinski definition) is 5. The zero-order valence-electron chi connectivity index (χ0n) is 22.2. The molecule has 2 heterocycles. The van der Waals surface area contributed by atoms with Crippen LogP contribution in [-0.2, 0) is 16.0 Å². The van der Waals surface area contributed by atoms with Gasteiger partial charge in [-0.05, 0) is 60.7 Å². The number of hydrogen-bond acceptors (Lipinski definition) is 5. The van der Waals surface area contributed by atoms with Crippen molar-refractivity contribution < 1.29 is 23.9 Å². The summed E-state index contributed by atoms with van der Waals surface area (Å²) in [5.41, 5.74) is 2.57. The SMILES string of the molecule is CC1=C(C(=O)Nc2ccc3[nH]ncc3c2)C(c2ccc(F)c(CC(=O)N(CCO)CCC(C)C)c2)NC(=O)N1. The van der Waals surface area contributed by atoms with Crippen LogP contribution in [0.1, 0.15) is 44.4 Å². The molecule has 4 rings (SSSR count). The first-order chi connectivity index (χ1) is 18.7. The number of nitrogens with zero attached hydrogens (tertiary/aromatic N) is 2. The predicted molar refractivity (Wildman–Crippen MR) is 145 cm³/mol. The van der Waals surface area contributed by atoms with Crippen molar-refractivity contribution in [2.75, 3.05) is 25.0 Å². The summed E-state index contributed by atoms with van der Waals surface area (Å²) in [5.74, 6) is -0.962. The maximum Gasteiger partial charge on any atom is 0.319 e. The fraction of sp³-hybridized carbons (Fsp3) is 0.357. The van der Waals surface area contributed by atoms with Gasteiger partial charge < -0.3 is 26.0 Å². The van der Waals surface area contributed by atoms with Gasteiger partial charge in [0.25, 0.3) is 5.91 Å². The Morgan fingerprint density at radius 2 is 1.97 bits per heavy atom. The van der Waals surface area contributed by atoms with E-state index < -0.39 is 23.8 Å². The molecule has 0 aliphatic carbocycles. The molecule has 0 fully saturated rings. The highest BCUT2D eigenvalue weighted by atomic mass is 19.1. The minimum absolute atomic E-state index is 0.139. The van der Waals surface area contributed by atoms with E-state index in [2.05, 4.69) is 26.1 Å². The van der Waals surface area contributed by atoms with Gasteiger partial charge in [-0.2, -0.15) is 5.10 Å². The van der Waals surface area contributed by atoms with E-state index in [4.69, 9.17) is 0 Å². The number of nitrogens with one attached hydrogen (secondary N) is 4. The summed E-state index contributed by atoms with van der Waals surface area (Å²) in [6.07, 6.45) is 2.18. The predicted octanol–water partition coefficient (Wildman–Crippen LogP) is 3.38. The molecule has 4 amide bonds. The highest BCUT2D eigenvalue weighted by Gasteiger charge is 2.32. The van der Waals surface area contributed by atoms with Crippen molar-refractivity contribution in [1.82, 2.24) is 25.7 Å². The van der Waals surface area contributed by atoms with Crippen LogP contribution in [0.15, 0.2) is 53.9 Å². The fourth-order valence-electron chi connectivity index (χ4n) is 4.54. The van der Waals surface area contributed by atoms with Gasteiger partial charge in [-0.3, -0.25) is 14.7 Å². The average molecular weight is 537 g/mol. The summed E-state index contributed by atoms with van der Waals surface area (Å²) >= 11 is 0. The Morgan fingerprint density at radius 3 is 2.72 bits per heavy atom. The van der Waals surface area contributed by atoms with Crippen molar-refractivity contribution >= 4 is 34.4 Å². The highest BCUT2D eigenvalue weighted by molar-refractivity contribution is 6.07. The molecule has 1 atom stereocenters. The Morgan fingerprint density at radius 1 is 1.18 bits per heavy atom. The van der Waals surface area contributed by atoms with Gasteiger partial charge in [-0.1, -0.05) is 19.9 Å². The van der Waals surface area contributed by atoms with Crippen molar-refractivity contribution in [2.24, 2.45) is 5.92 Å². The summed E-state index contributed by atoms with van der Waals surface area (Å²) in [6.45, 7) is 6.13. The smallest absolute Gasteiger partial charge is 0.319 e. The number of anilines is 1. The van der Waals surface area contributed by atoms with E-state index in [0.29, 0.717) is 29.4 Å². The minimum atomic E-state index is -0.875. The van der Waals surface area contributed by atoms with Crippen molar-refractivity contribution in [3.8, 4) is 0 Å². The second-order valence-electron chi connectivity index (χ2n) is 10.0. The van der Waals surface area contributed by atoms with Gasteiger partial charge in [0.15, 0.2) is 0 Å². The van der Waals surface area contributed by atoms with Gasteiger partial charge in [0, 0.05) is 29.9 Å².